The highest BCUT2D eigenvalue weighted by Gasteiger charge is 2.46. The van der Waals surface area contributed by atoms with Crippen molar-refractivity contribution >= 4 is 23.2 Å². The van der Waals surface area contributed by atoms with E-state index in [0.29, 0.717) is 18.5 Å². The Morgan fingerprint density at radius 2 is 2.00 bits per heavy atom. The fourth-order valence-corrected chi connectivity index (χ4v) is 2.71. The summed E-state index contributed by atoms with van der Waals surface area (Å²) in [7, 11) is 0. The van der Waals surface area contributed by atoms with Gasteiger partial charge >= 0.3 is 0 Å². The van der Waals surface area contributed by atoms with Gasteiger partial charge in [0.1, 0.15) is 5.54 Å². The minimum atomic E-state index is -0.334. The standard InChI is InChI=1S/C9H10Cl2N4O/c10-7-12-6(13-8(11)14-7)9-2-1-5(15-9)3-16-4-9/h5,15H,1-4H2. The maximum absolute atomic E-state index is 5.79. The predicted molar refractivity (Wildman–Crippen MR) is 58.5 cm³/mol. The molecule has 1 aromatic heterocycles. The molecule has 3 heterocycles. The molecule has 0 radical (unpaired) electrons. The first-order chi connectivity index (χ1) is 7.68. The van der Waals surface area contributed by atoms with Gasteiger partial charge in [0.05, 0.1) is 13.2 Å². The first-order valence-corrected chi connectivity index (χ1v) is 5.87. The molecular weight excluding hydrogens is 251 g/mol. The van der Waals surface area contributed by atoms with Gasteiger partial charge in [-0.3, -0.25) is 5.32 Å². The molecule has 0 spiro atoms. The maximum atomic E-state index is 5.79. The molecule has 2 fully saturated rings. The van der Waals surface area contributed by atoms with Gasteiger partial charge in [0, 0.05) is 6.04 Å². The largest absolute Gasteiger partial charge is 0.377 e. The molecule has 2 saturated heterocycles. The number of aromatic nitrogens is 3. The number of hydrogen-bond donors (Lipinski definition) is 1. The van der Waals surface area contributed by atoms with Crippen LogP contribution in [-0.2, 0) is 10.3 Å². The highest BCUT2D eigenvalue weighted by Crippen LogP contribution is 2.35. The van der Waals surface area contributed by atoms with Crippen molar-refractivity contribution in [3.05, 3.63) is 16.4 Å². The highest BCUT2D eigenvalue weighted by atomic mass is 35.5. The molecule has 2 aliphatic heterocycles. The van der Waals surface area contributed by atoms with E-state index in [1.54, 1.807) is 0 Å². The van der Waals surface area contributed by atoms with E-state index < -0.39 is 0 Å². The number of nitrogens with zero attached hydrogens (tertiary/aromatic N) is 3. The highest BCUT2D eigenvalue weighted by molar-refractivity contribution is 6.31. The van der Waals surface area contributed by atoms with Crippen LogP contribution < -0.4 is 5.32 Å². The van der Waals surface area contributed by atoms with Crippen molar-refractivity contribution in [3.63, 3.8) is 0 Å². The summed E-state index contributed by atoms with van der Waals surface area (Å²) < 4.78 is 5.54. The summed E-state index contributed by atoms with van der Waals surface area (Å²) >= 11 is 11.6. The van der Waals surface area contributed by atoms with Crippen molar-refractivity contribution in [2.45, 2.75) is 24.4 Å². The van der Waals surface area contributed by atoms with Crippen molar-refractivity contribution in [1.29, 1.82) is 0 Å². The summed E-state index contributed by atoms with van der Waals surface area (Å²) in [6.07, 6.45) is 2.00. The van der Waals surface area contributed by atoms with Crippen molar-refractivity contribution in [1.82, 2.24) is 20.3 Å². The van der Waals surface area contributed by atoms with E-state index in [1.165, 1.54) is 0 Å². The summed E-state index contributed by atoms with van der Waals surface area (Å²) in [6.45, 7) is 1.30. The van der Waals surface area contributed by atoms with Crippen LogP contribution >= 0.6 is 23.2 Å². The third-order valence-corrected chi connectivity index (χ3v) is 3.41. The fraction of sp³-hybridized carbons (Fsp3) is 0.667. The molecule has 5 nitrogen and oxygen atoms in total. The van der Waals surface area contributed by atoms with Crippen LogP contribution in [0.25, 0.3) is 0 Å². The third-order valence-electron chi connectivity index (χ3n) is 3.08. The van der Waals surface area contributed by atoms with E-state index >= 15 is 0 Å². The fourth-order valence-electron chi connectivity index (χ4n) is 2.35. The van der Waals surface area contributed by atoms with Gasteiger partial charge in [-0.15, -0.1) is 0 Å². The van der Waals surface area contributed by atoms with Gasteiger partial charge in [0.25, 0.3) is 0 Å². The zero-order chi connectivity index (χ0) is 11.2. The van der Waals surface area contributed by atoms with Crippen molar-refractivity contribution in [2.75, 3.05) is 13.2 Å². The SMILES string of the molecule is Clc1nc(Cl)nc(C23CCC(COC2)N3)n1. The molecule has 2 aliphatic rings. The normalized spacial score (nSPS) is 33.0. The average molecular weight is 261 g/mol. The lowest BCUT2D eigenvalue weighted by molar-refractivity contribution is 0.0251. The lowest BCUT2D eigenvalue weighted by Crippen LogP contribution is -2.51. The first kappa shape index (κ1) is 10.7. The first-order valence-electron chi connectivity index (χ1n) is 5.11. The Bertz CT molecular complexity index is 406. The van der Waals surface area contributed by atoms with E-state index in [2.05, 4.69) is 20.3 Å². The van der Waals surface area contributed by atoms with Crippen molar-refractivity contribution in [3.8, 4) is 0 Å². The Morgan fingerprint density at radius 1 is 1.25 bits per heavy atom. The van der Waals surface area contributed by atoms with Gasteiger partial charge in [-0.2, -0.15) is 4.98 Å². The predicted octanol–water partition coefficient (Wildman–Crippen LogP) is 1.16. The van der Waals surface area contributed by atoms with Crippen LogP contribution in [0.5, 0.6) is 0 Å². The Morgan fingerprint density at radius 3 is 2.75 bits per heavy atom. The van der Waals surface area contributed by atoms with Gasteiger partial charge < -0.3 is 4.74 Å². The molecular formula is C9H10Cl2N4O. The second-order valence-corrected chi connectivity index (χ2v) is 4.85. The number of morpholine rings is 1. The molecule has 3 rings (SSSR count). The smallest absolute Gasteiger partial charge is 0.226 e. The molecule has 0 aromatic carbocycles. The molecule has 86 valence electrons. The van der Waals surface area contributed by atoms with Gasteiger partial charge in [-0.25, -0.2) is 9.97 Å². The van der Waals surface area contributed by atoms with Crippen LogP contribution in [0.4, 0.5) is 0 Å². The molecule has 2 unspecified atom stereocenters. The summed E-state index contributed by atoms with van der Waals surface area (Å²) in [5.74, 6) is 0.583. The Hall–Kier alpha value is -0.490. The Balaban J connectivity index is 2.02. The number of halogens is 2. The second-order valence-electron chi connectivity index (χ2n) is 4.17. The molecule has 0 saturated carbocycles. The van der Waals surface area contributed by atoms with E-state index in [1.807, 2.05) is 0 Å². The number of fused-ring (bicyclic) bond motifs is 2. The average Bonchev–Trinajstić information content (AvgIpc) is 2.54. The summed E-state index contributed by atoms with van der Waals surface area (Å²) in [6, 6.07) is 0.378. The Kier molecular flexibility index (Phi) is 2.51. The van der Waals surface area contributed by atoms with Crippen LogP contribution in [0.1, 0.15) is 18.7 Å². The Labute approximate surface area is 103 Å². The van der Waals surface area contributed by atoms with E-state index in [0.717, 1.165) is 19.4 Å². The zero-order valence-corrected chi connectivity index (χ0v) is 9.92. The van der Waals surface area contributed by atoms with Crippen molar-refractivity contribution in [2.24, 2.45) is 0 Å². The quantitative estimate of drug-likeness (QED) is 0.821. The minimum absolute atomic E-state index is 0.125. The molecule has 2 bridgehead atoms. The lowest BCUT2D eigenvalue weighted by Gasteiger charge is -2.32. The molecule has 1 aromatic rings. The van der Waals surface area contributed by atoms with E-state index in [4.69, 9.17) is 27.9 Å². The third kappa shape index (κ3) is 1.68. The summed E-state index contributed by atoms with van der Waals surface area (Å²) in [5.41, 5.74) is -0.334. The van der Waals surface area contributed by atoms with Crippen LogP contribution in [0, 0.1) is 0 Å². The topological polar surface area (TPSA) is 59.9 Å². The van der Waals surface area contributed by atoms with E-state index in [-0.39, 0.29) is 16.1 Å². The molecule has 0 amide bonds. The van der Waals surface area contributed by atoms with Crippen LogP contribution in [-0.4, -0.2) is 34.2 Å². The number of ether oxygens (including phenoxy) is 1. The second kappa shape index (κ2) is 3.77. The van der Waals surface area contributed by atoms with Crippen LogP contribution in [0.2, 0.25) is 10.6 Å². The van der Waals surface area contributed by atoms with Gasteiger partial charge in [-0.1, -0.05) is 0 Å². The maximum Gasteiger partial charge on any atom is 0.226 e. The van der Waals surface area contributed by atoms with Crippen molar-refractivity contribution < 1.29 is 4.74 Å². The number of rotatable bonds is 1. The molecule has 1 N–H and O–H groups in total. The molecule has 2 atom stereocenters. The minimum Gasteiger partial charge on any atom is -0.377 e. The van der Waals surface area contributed by atoms with Gasteiger partial charge in [-0.05, 0) is 36.0 Å². The van der Waals surface area contributed by atoms with Crippen LogP contribution in [0.3, 0.4) is 0 Å². The van der Waals surface area contributed by atoms with E-state index in [9.17, 15) is 0 Å². The van der Waals surface area contributed by atoms with Gasteiger partial charge in [0.15, 0.2) is 5.82 Å². The lowest BCUT2D eigenvalue weighted by atomic mass is 9.98. The number of hydrogen-bond acceptors (Lipinski definition) is 5. The van der Waals surface area contributed by atoms with Gasteiger partial charge in [0.2, 0.25) is 10.6 Å². The number of nitrogens with one attached hydrogen (secondary N) is 1. The molecule has 0 aliphatic carbocycles. The monoisotopic (exact) mass is 260 g/mol. The zero-order valence-electron chi connectivity index (χ0n) is 8.41. The summed E-state index contributed by atoms with van der Waals surface area (Å²) in [5, 5.41) is 3.73. The van der Waals surface area contributed by atoms with Crippen LogP contribution in [0.15, 0.2) is 0 Å². The molecule has 16 heavy (non-hydrogen) atoms. The summed E-state index contributed by atoms with van der Waals surface area (Å²) in [4.78, 5) is 12.0. The molecule has 7 heteroatoms.